The molecule has 0 saturated carbocycles. The fourth-order valence-electron chi connectivity index (χ4n) is 2.72. The molecule has 5 atom stereocenters. The molecule has 3 fully saturated rings. The normalized spacial score (nSPS) is 42.2. The molecular weight excluding hydrogens is 218 g/mol. The summed E-state index contributed by atoms with van der Waals surface area (Å²) in [6.45, 7) is 1.31. The lowest BCUT2D eigenvalue weighted by Crippen LogP contribution is -2.41. The molecule has 0 aromatic heterocycles. The summed E-state index contributed by atoms with van der Waals surface area (Å²) in [4.78, 5) is 0. The van der Waals surface area contributed by atoms with Gasteiger partial charge in [0.1, 0.15) is 12.2 Å². The van der Waals surface area contributed by atoms with Crippen molar-refractivity contribution in [3.8, 4) is 0 Å². The van der Waals surface area contributed by atoms with Crippen molar-refractivity contribution >= 4 is 0 Å². The number of benzene rings is 1. The Morgan fingerprint density at radius 3 is 3.00 bits per heavy atom. The quantitative estimate of drug-likeness (QED) is 0.779. The summed E-state index contributed by atoms with van der Waals surface area (Å²) in [6, 6.07) is 11.0. The molecule has 1 aromatic carbocycles. The summed E-state index contributed by atoms with van der Waals surface area (Å²) >= 11 is 0. The molecule has 2 bridgehead atoms. The van der Waals surface area contributed by atoms with Gasteiger partial charge in [-0.15, -0.1) is 0 Å². The van der Waals surface area contributed by atoms with Gasteiger partial charge < -0.3 is 19.5 Å². The van der Waals surface area contributed by atoms with E-state index in [-0.39, 0.29) is 18.5 Å². The van der Waals surface area contributed by atoms with Crippen LogP contribution >= 0.6 is 0 Å². The first-order chi connectivity index (χ1) is 8.42. The van der Waals surface area contributed by atoms with Crippen molar-refractivity contribution in [3.63, 3.8) is 0 Å². The summed E-state index contributed by atoms with van der Waals surface area (Å²) in [6.07, 6.45) is 0.181. The summed E-state index contributed by atoms with van der Waals surface area (Å²) < 4.78 is 17.3. The molecule has 3 aliphatic heterocycles. The molecule has 4 nitrogen and oxygen atoms in total. The fourth-order valence-corrected chi connectivity index (χ4v) is 2.72. The maximum Gasteiger partial charge on any atom is 0.175 e. The lowest BCUT2D eigenvalue weighted by Gasteiger charge is -2.25. The van der Waals surface area contributed by atoms with Crippen LogP contribution in [0.15, 0.2) is 30.3 Å². The highest BCUT2D eigenvalue weighted by atomic mass is 16.7. The van der Waals surface area contributed by atoms with Crippen LogP contribution in [0.2, 0.25) is 0 Å². The maximum absolute atomic E-state index is 5.99. The average molecular weight is 233 g/mol. The van der Waals surface area contributed by atoms with Crippen LogP contribution in [-0.2, 0) is 20.8 Å². The second-order valence-corrected chi connectivity index (χ2v) is 4.86. The van der Waals surface area contributed by atoms with E-state index in [2.05, 4.69) is 17.4 Å². The number of hydrogen-bond donors (Lipinski definition) is 1. The first-order valence-electron chi connectivity index (χ1n) is 6.10. The molecule has 3 heterocycles. The third-order valence-electron chi connectivity index (χ3n) is 3.70. The van der Waals surface area contributed by atoms with Gasteiger partial charge in [0.25, 0.3) is 0 Å². The van der Waals surface area contributed by atoms with Crippen molar-refractivity contribution < 1.29 is 14.2 Å². The van der Waals surface area contributed by atoms with Crippen molar-refractivity contribution in [2.45, 2.75) is 37.2 Å². The van der Waals surface area contributed by atoms with Gasteiger partial charge in [-0.3, -0.25) is 0 Å². The maximum atomic E-state index is 5.99. The zero-order valence-electron chi connectivity index (χ0n) is 9.41. The van der Waals surface area contributed by atoms with Crippen molar-refractivity contribution in [1.29, 1.82) is 0 Å². The van der Waals surface area contributed by atoms with Crippen LogP contribution in [0, 0.1) is 0 Å². The van der Waals surface area contributed by atoms with Crippen molar-refractivity contribution in [1.82, 2.24) is 5.32 Å². The second kappa shape index (κ2) is 3.78. The lowest BCUT2D eigenvalue weighted by molar-refractivity contribution is -0.121. The molecule has 3 saturated heterocycles. The van der Waals surface area contributed by atoms with Crippen LogP contribution in [0.1, 0.15) is 5.56 Å². The van der Waals surface area contributed by atoms with Gasteiger partial charge in [0.05, 0.1) is 25.3 Å². The van der Waals surface area contributed by atoms with Crippen LogP contribution in [-0.4, -0.2) is 37.2 Å². The Morgan fingerprint density at radius 2 is 2.12 bits per heavy atom. The van der Waals surface area contributed by atoms with Crippen molar-refractivity contribution in [2.75, 3.05) is 6.61 Å². The molecule has 0 aliphatic carbocycles. The molecule has 0 radical (unpaired) electrons. The minimum Gasteiger partial charge on any atom is -0.369 e. The molecule has 3 aliphatic rings. The van der Waals surface area contributed by atoms with Crippen LogP contribution in [0.25, 0.3) is 0 Å². The Hall–Kier alpha value is -0.940. The van der Waals surface area contributed by atoms with Crippen LogP contribution in [0.3, 0.4) is 0 Å². The van der Waals surface area contributed by atoms with E-state index in [1.807, 2.05) is 18.2 Å². The Bertz CT molecular complexity index is 410. The number of fused-ring (bicyclic) bond motifs is 4. The molecule has 90 valence electrons. The predicted molar refractivity (Wildman–Crippen MR) is 60.3 cm³/mol. The predicted octanol–water partition coefficient (Wildman–Crippen LogP) is 0.667. The van der Waals surface area contributed by atoms with Gasteiger partial charge in [-0.2, -0.15) is 0 Å². The highest BCUT2D eigenvalue weighted by molar-refractivity contribution is 5.15. The molecule has 0 unspecified atom stereocenters. The van der Waals surface area contributed by atoms with Gasteiger partial charge >= 0.3 is 0 Å². The molecule has 4 rings (SSSR count). The minimum absolute atomic E-state index is 0.0402. The monoisotopic (exact) mass is 233 g/mol. The molecule has 0 amide bonds. The van der Waals surface area contributed by atoms with E-state index in [0.717, 1.165) is 0 Å². The summed E-state index contributed by atoms with van der Waals surface area (Å²) in [5.41, 5.74) is 1.20. The Labute approximate surface area is 99.9 Å². The van der Waals surface area contributed by atoms with Gasteiger partial charge in [-0.25, -0.2) is 0 Å². The van der Waals surface area contributed by atoms with E-state index in [4.69, 9.17) is 14.2 Å². The van der Waals surface area contributed by atoms with Gasteiger partial charge in [-0.05, 0) is 5.56 Å². The van der Waals surface area contributed by atoms with Gasteiger partial charge in [0.15, 0.2) is 6.29 Å². The number of rotatable bonds is 3. The SMILES string of the molecule is c1ccc(CO[C@H]2[C@@H]3N[C@@H]3[C@@H]3OC[C@H]2O3)cc1. The zero-order chi connectivity index (χ0) is 11.2. The lowest BCUT2D eigenvalue weighted by atomic mass is 10.1. The molecule has 17 heavy (non-hydrogen) atoms. The molecule has 0 spiro atoms. The molecule has 1 aromatic rings. The minimum atomic E-state index is -0.0402. The van der Waals surface area contributed by atoms with Gasteiger partial charge in [-0.1, -0.05) is 30.3 Å². The highest BCUT2D eigenvalue weighted by Gasteiger charge is 2.59. The van der Waals surface area contributed by atoms with E-state index in [1.54, 1.807) is 0 Å². The first kappa shape index (κ1) is 10.0. The Kier molecular flexibility index (Phi) is 2.23. The zero-order valence-corrected chi connectivity index (χ0v) is 9.41. The second-order valence-electron chi connectivity index (χ2n) is 4.86. The highest BCUT2D eigenvalue weighted by Crippen LogP contribution is 2.37. The topological polar surface area (TPSA) is 49.6 Å². The van der Waals surface area contributed by atoms with Gasteiger partial charge in [0.2, 0.25) is 0 Å². The third-order valence-corrected chi connectivity index (χ3v) is 3.70. The van der Waals surface area contributed by atoms with Crippen LogP contribution < -0.4 is 5.32 Å². The molecule has 1 N–H and O–H groups in total. The molecule has 4 heteroatoms. The van der Waals surface area contributed by atoms with E-state index < -0.39 is 0 Å². The smallest absolute Gasteiger partial charge is 0.175 e. The third kappa shape index (κ3) is 1.68. The van der Waals surface area contributed by atoms with E-state index in [9.17, 15) is 0 Å². The van der Waals surface area contributed by atoms with Crippen molar-refractivity contribution in [2.24, 2.45) is 0 Å². The summed E-state index contributed by atoms with van der Waals surface area (Å²) in [5, 5.41) is 3.37. The number of hydrogen-bond acceptors (Lipinski definition) is 4. The summed E-state index contributed by atoms with van der Waals surface area (Å²) in [5.74, 6) is 0. The molecular formula is C13H15NO3. The fraction of sp³-hybridized carbons (Fsp3) is 0.538. The largest absolute Gasteiger partial charge is 0.369 e. The average Bonchev–Trinajstić information content (AvgIpc) is 3.05. The first-order valence-corrected chi connectivity index (χ1v) is 6.10. The number of nitrogens with one attached hydrogen (secondary N) is 1. The Balaban J connectivity index is 1.43. The van der Waals surface area contributed by atoms with E-state index in [0.29, 0.717) is 25.3 Å². The van der Waals surface area contributed by atoms with E-state index in [1.165, 1.54) is 5.56 Å². The van der Waals surface area contributed by atoms with Gasteiger partial charge in [0, 0.05) is 0 Å². The van der Waals surface area contributed by atoms with Crippen molar-refractivity contribution in [3.05, 3.63) is 35.9 Å². The summed E-state index contributed by atoms with van der Waals surface area (Å²) in [7, 11) is 0. The van der Waals surface area contributed by atoms with E-state index >= 15 is 0 Å². The Morgan fingerprint density at radius 1 is 1.24 bits per heavy atom. The standard InChI is InChI=1S/C13H15NO3/c1-2-4-8(5-3-1)6-15-12-9-7-16-13(17-9)11-10(12)14-11/h1-5,9-14H,6-7H2/t9-,10-,11+,12-,13-/m1/s1. The van der Waals surface area contributed by atoms with Crippen LogP contribution in [0.5, 0.6) is 0 Å². The number of ether oxygens (including phenoxy) is 3. The van der Waals surface area contributed by atoms with Crippen LogP contribution in [0.4, 0.5) is 0 Å².